The van der Waals surface area contributed by atoms with Gasteiger partial charge in [0.1, 0.15) is 0 Å². The number of benzene rings is 2. The highest BCUT2D eigenvalue weighted by atomic mass is 35.5. The lowest BCUT2D eigenvalue weighted by molar-refractivity contribution is 0.171. The number of rotatable bonds is 5. The molecule has 0 radical (unpaired) electrons. The van der Waals surface area contributed by atoms with Gasteiger partial charge in [0.05, 0.1) is 6.54 Å². The van der Waals surface area contributed by atoms with Gasteiger partial charge in [-0.1, -0.05) is 35.0 Å². The van der Waals surface area contributed by atoms with Gasteiger partial charge < -0.3 is 15.2 Å². The Hall–Kier alpha value is -2.90. The second kappa shape index (κ2) is 9.07. The van der Waals surface area contributed by atoms with Gasteiger partial charge in [-0.15, -0.1) is 0 Å². The number of nitrogens with one attached hydrogen (secondary N) is 2. The van der Waals surface area contributed by atoms with E-state index in [1.54, 1.807) is 12.1 Å². The molecule has 1 saturated heterocycles. The van der Waals surface area contributed by atoms with E-state index in [0.717, 1.165) is 37.2 Å². The smallest absolute Gasteiger partial charge is 0.319 e. The van der Waals surface area contributed by atoms with Crippen molar-refractivity contribution in [2.24, 2.45) is 0 Å². The van der Waals surface area contributed by atoms with Crippen LogP contribution in [0.3, 0.4) is 0 Å². The molecular weight excluding hydrogens is 390 g/mol. The Morgan fingerprint density at radius 1 is 1.10 bits per heavy atom. The molecule has 4 rings (SSSR count). The van der Waals surface area contributed by atoms with Gasteiger partial charge in [0.15, 0.2) is 0 Å². The van der Waals surface area contributed by atoms with Crippen molar-refractivity contribution in [2.75, 3.05) is 18.4 Å². The standard InChI is InChI=1S/C21H22ClN5O2/c22-16-8-6-15(7-9-16)20-25-19(29-26-20)14-27-12-10-18(11-13-27)24-21(28)23-17-4-2-1-3-5-17/h1-9,18H,10-14H2,(H2,23,24,28). The summed E-state index contributed by atoms with van der Waals surface area (Å²) in [4.78, 5) is 18.9. The molecule has 29 heavy (non-hydrogen) atoms. The van der Waals surface area contributed by atoms with E-state index in [-0.39, 0.29) is 12.1 Å². The third-order valence-electron chi connectivity index (χ3n) is 4.88. The zero-order chi connectivity index (χ0) is 20.1. The third kappa shape index (κ3) is 5.34. The number of para-hydroxylation sites is 1. The van der Waals surface area contributed by atoms with Crippen molar-refractivity contribution in [3.8, 4) is 11.4 Å². The molecule has 0 aliphatic carbocycles. The van der Waals surface area contributed by atoms with Gasteiger partial charge in [-0.2, -0.15) is 4.98 Å². The fourth-order valence-electron chi connectivity index (χ4n) is 3.34. The molecular formula is C21H22ClN5O2. The van der Waals surface area contributed by atoms with Crippen molar-refractivity contribution < 1.29 is 9.32 Å². The summed E-state index contributed by atoms with van der Waals surface area (Å²) in [5.41, 5.74) is 1.66. The van der Waals surface area contributed by atoms with Crippen LogP contribution in [0.15, 0.2) is 59.1 Å². The summed E-state index contributed by atoms with van der Waals surface area (Å²) >= 11 is 5.92. The van der Waals surface area contributed by atoms with Crippen LogP contribution in [-0.2, 0) is 6.54 Å². The van der Waals surface area contributed by atoms with E-state index >= 15 is 0 Å². The molecule has 2 N–H and O–H groups in total. The number of piperidine rings is 1. The Morgan fingerprint density at radius 2 is 1.83 bits per heavy atom. The topological polar surface area (TPSA) is 83.3 Å². The largest absolute Gasteiger partial charge is 0.338 e. The number of hydrogen-bond acceptors (Lipinski definition) is 5. The maximum Gasteiger partial charge on any atom is 0.319 e. The first kappa shape index (κ1) is 19.4. The van der Waals surface area contributed by atoms with Gasteiger partial charge in [0.2, 0.25) is 11.7 Å². The van der Waals surface area contributed by atoms with Crippen LogP contribution in [0.25, 0.3) is 11.4 Å². The predicted molar refractivity (Wildman–Crippen MR) is 112 cm³/mol. The lowest BCUT2D eigenvalue weighted by Gasteiger charge is -2.31. The minimum absolute atomic E-state index is 0.155. The molecule has 0 bridgehead atoms. The van der Waals surface area contributed by atoms with Crippen LogP contribution in [0.5, 0.6) is 0 Å². The molecule has 0 atom stereocenters. The molecule has 1 aliphatic heterocycles. The van der Waals surface area contributed by atoms with Crippen molar-refractivity contribution in [1.29, 1.82) is 0 Å². The Kier molecular flexibility index (Phi) is 6.07. The molecule has 1 aliphatic rings. The molecule has 3 aromatic rings. The summed E-state index contributed by atoms with van der Waals surface area (Å²) in [6, 6.07) is 16.8. The molecule has 150 valence electrons. The van der Waals surface area contributed by atoms with E-state index in [9.17, 15) is 4.79 Å². The van der Waals surface area contributed by atoms with E-state index < -0.39 is 0 Å². The monoisotopic (exact) mass is 411 g/mol. The zero-order valence-electron chi connectivity index (χ0n) is 15.8. The molecule has 0 spiro atoms. The first-order valence-electron chi connectivity index (χ1n) is 9.59. The number of nitrogens with zero attached hydrogens (tertiary/aromatic N) is 3. The number of carbonyl (C=O) groups is 1. The lowest BCUT2D eigenvalue weighted by atomic mass is 10.1. The number of likely N-dealkylation sites (tertiary alicyclic amines) is 1. The second-order valence-corrected chi connectivity index (χ2v) is 7.47. The Labute approximate surface area is 174 Å². The van der Waals surface area contributed by atoms with Gasteiger partial charge in [0, 0.05) is 35.4 Å². The van der Waals surface area contributed by atoms with E-state index in [4.69, 9.17) is 16.1 Å². The van der Waals surface area contributed by atoms with Gasteiger partial charge in [-0.05, 0) is 49.2 Å². The molecule has 8 heteroatoms. The summed E-state index contributed by atoms with van der Waals surface area (Å²) in [6.45, 7) is 2.31. The number of anilines is 1. The fraction of sp³-hybridized carbons (Fsp3) is 0.286. The summed E-state index contributed by atoms with van der Waals surface area (Å²) in [6.07, 6.45) is 1.75. The third-order valence-corrected chi connectivity index (χ3v) is 5.14. The van der Waals surface area contributed by atoms with Gasteiger partial charge in [-0.3, -0.25) is 4.90 Å². The number of aromatic nitrogens is 2. The van der Waals surface area contributed by atoms with Gasteiger partial charge in [0.25, 0.3) is 0 Å². The number of halogens is 1. The van der Waals surface area contributed by atoms with Crippen molar-refractivity contribution in [2.45, 2.75) is 25.4 Å². The second-order valence-electron chi connectivity index (χ2n) is 7.03. The SMILES string of the molecule is O=C(Nc1ccccc1)NC1CCN(Cc2nc(-c3ccc(Cl)cc3)no2)CC1. The molecule has 2 amide bonds. The van der Waals surface area contributed by atoms with Crippen LogP contribution in [0.1, 0.15) is 18.7 Å². The minimum Gasteiger partial charge on any atom is -0.338 e. The van der Waals surface area contributed by atoms with Crippen LogP contribution in [0.4, 0.5) is 10.5 Å². The highest BCUT2D eigenvalue weighted by Crippen LogP contribution is 2.20. The molecule has 1 fully saturated rings. The van der Waals surface area contributed by atoms with E-state index in [1.165, 1.54) is 0 Å². The molecule has 2 heterocycles. The van der Waals surface area contributed by atoms with E-state index in [0.29, 0.717) is 23.3 Å². The Balaban J connectivity index is 1.24. The van der Waals surface area contributed by atoms with Crippen LogP contribution >= 0.6 is 11.6 Å². The molecule has 1 aromatic heterocycles. The summed E-state index contributed by atoms with van der Waals surface area (Å²) in [5, 5.41) is 10.6. The fourth-order valence-corrected chi connectivity index (χ4v) is 3.46. The van der Waals surface area contributed by atoms with Gasteiger partial charge in [-0.25, -0.2) is 4.79 Å². The molecule has 0 saturated carbocycles. The van der Waals surface area contributed by atoms with Crippen LogP contribution in [0, 0.1) is 0 Å². The highest BCUT2D eigenvalue weighted by Gasteiger charge is 2.22. The van der Waals surface area contributed by atoms with Crippen molar-refractivity contribution in [1.82, 2.24) is 20.4 Å². The quantitative estimate of drug-likeness (QED) is 0.658. The molecule has 0 unspecified atom stereocenters. The van der Waals surface area contributed by atoms with Crippen LogP contribution in [-0.4, -0.2) is 40.2 Å². The first-order chi connectivity index (χ1) is 14.2. The average molecular weight is 412 g/mol. The van der Waals surface area contributed by atoms with Crippen LogP contribution in [0.2, 0.25) is 5.02 Å². The number of carbonyl (C=O) groups excluding carboxylic acids is 1. The Morgan fingerprint density at radius 3 is 2.55 bits per heavy atom. The van der Waals surface area contributed by atoms with Crippen molar-refractivity contribution in [3.63, 3.8) is 0 Å². The summed E-state index contributed by atoms with van der Waals surface area (Å²) in [5.74, 6) is 1.15. The average Bonchev–Trinajstić information content (AvgIpc) is 3.19. The number of amides is 2. The maximum atomic E-state index is 12.1. The minimum atomic E-state index is -0.167. The zero-order valence-corrected chi connectivity index (χ0v) is 16.6. The van der Waals surface area contributed by atoms with Crippen LogP contribution < -0.4 is 10.6 Å². The predicted octanol–water partition coefficient (Wildman–Crippen LogP) is 4.18. The Bertz CT molecular complexity index is 937. The summed E-state index contributed by atoms with van der Waals surface area (Å²) in [7, 11) is 0. The molecule has 2 aromatic carbocycles. The van der Waals surface area contributed by atoms with Gasteiger partial charge >= 0.3 is 6.03 Å². The van der Waals surface area contributed by atoms with E-state index in [2.05, 4.69) is 25.7 Å². The normalized spacial score (nSPS) is 15.2. The van der Waals surface area contributed by atoms with E-state index in [1.807, 2.05) is 42.5 Å². The number of hydrogen-bond donors (Lipinski definition) is 2. The number of urea groups is 1. The van der Waals surface area contributed by atoms with Crippen molar-refractivity contribution >= 4 is 23.3 Å². The maximum absolute atomic E-state index is 12.1. The highest BCUT2D eigenvalue weighted by molar-refractivity contribution is 6.30. The lowest BCUT2D eigenvalue weighted by Crippen LogP contribution is -2.45. The summed E-state index contributed by atoms with van der Waals surface area (Å²) < 4.78 is 5.39. The first-order valence-corrected chi connectivity index (χ1v) is 9.97. The molecule has 7 nitrogen and oxygen atoms in total. The van der Waals surface area contributed by atoms with Crippen molar-refractivity contribution in [3.05, 3.63) is 65.5 Å².